The largest absolute Gasteiger partial charge is 0.494 e. The second kappa shape index (κ2) is 7.66. The van der Waals surface area contributed by atoms with Crippen LogP contribution in [-0.4, -0.2) is 37.8 Å². The highest BCUT2D eigenvalue weighted by Gasteiger charge is 2.20. The van der Waals surface area contributed by atoms with E-state index in [9.17, 15) is 5.26 Å². The molecule has 1 N–H and O–H groups in total. The first-order valence-corrected chi connectivity index (χ1v) is 8.07. The van der Waals surface area contributed by atoms with Crippen LogP contribution in [0.25, 0.3) is 12.2 Å². The van der Waals surface area contributed by atoms with Crippen LogP contribution in [0.5, 0.6) is 5.75 Å². The lowest BCUT2D eigenvalue weighted by Crippen LogP contribution is -2.43. The number of nitrogens with one attached hydrogen (secondary N) is 1. The monoisotopic (exact) mass is 324 g/mol. The van der Waals surface area contributed by atoms with Crippen molar-refractivity contribution in [2.45, 2.75) is 6.92 Å². The predicted molar refractivity (Wildman–Crippen MR) is 92.8 cm³/mol. The summed E-state index contributed by atoms with van der Waals surface area (Å²) in [5.74, 6) is 1.85. The van der Waals surface area contributed by atoms with Gasteiger partial charge in [0.15, 0.2) is 0 Å². The van der Waals surface area contributed by atoms with Crippen molar-refractivity contribution in [2.24, 2.45) is 0 Å². The number of piperazine rings is 1. The van der Waals surface area contributed by atoms with Crippen molar-refractivity contribution in [2.75, 3.05) is 37.7 Å². The second-order valence-corrected chi connectivity index (χ2v) is 5.39. The van der Waals surface area contributed by atoms with Crippen molar-refractivity contribution in [1.82, 2.24) is 10.3 Å². The summed E-state index contributed by atoms with van der Waals surface area (Å²) in [6.07, 6.45) is 3.69. The molecule has 6 nitrogen and oxygen atoms in total. The summed E-state index contributed by atoms with van der Waals surface area (Å²) in [5.41, 5.74) is 1.35. The number of ether oxygens (including phenoxy) is 1. The zero-order chi connectivity index (χ0) is 16.8. The lowest BCUT2D eigenvalue weighted by atomic mass is 10.2. The van der Waals surface area contributed by atoms with E-state index in [4.69, 9.17) is 9.15 Å². The Morgan fingerprint density at radius 1 is 1.29 bits per heavy atom. The lowest BCUT2D eigenvalue weighted by Gasteiger charge is -2.26. The molecule has 0 amide bonds. The van der Waals surface area contributed by atoms with E-state index in [2.05, 4.69) is 21.3 Å². The zero-order valence-electron chi connectivity index (χ0n) is 13.7. The Morgan fingerprint density at radius 3 is 2.71 bits per heavy atom. The van der Waals surface area contributed by atoms with E-state index in [1.807, 2.05) is 37.3 Å². The van der Waals surface area contributed by atoms with Crippen molar-refractivity contribution >= 4 is 18.0 Å². The minimum Gasteiger partial charge on any atom is -0.494 e. The van der Waals surface area contributed by atoms with Crippen LogP contribution in [0.4, 0.5) is 5.88 Å². The molecule has 1 aromatic carbocycles. The van der Waals surface area contributed by atoms with E-state index in [0.29, 0.717) is 24.1 Å². The van der Waals surface area contributed by atoms with Crippen LogP contribution in [-0.2, 0) is 0 Å². The van der Waals surface area contributed by atoms with Gasteiger partial charge in [-0.25, -0.2) is 0 Å². The number of oxazole rings is 1. The van der Waals surface area contributed by atoms with Gasteiger partial charge in [0.1, 0.15) is 11.8 Å². The minimum atomic E-state index is 0.336. The fraction of sp³-hybridized carbons (Fsp3) is 0.333. The molecule has 0 atom stereocenters. The Balaban J connectivity index is 1.75. The number of hydrogen-bond donors (Lipinski definition) is 1. The van der Waals surface area contributed by atoms with Gasteiger partial charge < -0.3 is 19.4 Å². The molecule has 1 saturated heterocycles. The van der Waals surface area contributed by atoms with Gasteiger partial charge >= 0.3 is 0 Å². The van der Waals surface area contributed by atoms with E-state index >= 15 is 0 Å². The number of benzene rings is 1. The third-order valence-electron chi connectivity index (χ3n) is 3.75. The SMILES string of the molecule is CCOc1ccc(C=Cc2nc(C#N)c(N3CCNCC3)o2)cc1. The molecule has 0 unspecified atom stereocenters. The third-order valence-corrected chi connectivity index (χ3v) is 3.75. The maximum atomic E-state index is 9.28. The number of hydrogen-bond acceptors (Lipinski definition) is 6. The van der Waals surface area contributed by atoms with Crippen LogP contribution in [0.1, 0.15) is 24.1 Å². The highest BCUT2D eigenvalue weighted by Crippen LogP contribution is 2.23. The quantitative estimate of drug-likeness (QED) is 0.911. The number of anilines is 1. The fourth-order valence-electron chi connectivity index (χ4n) is 2.56. The lowest BCUT2D eigenvalue weighted by molar-refractivity contribution is 0.340. The number of nitriles is 1. The van der Waals surface area contributed by atoms with Gasteiger partial charge in [-0.3, -0.25) is 0 Å². The van der Waals surface area contributed by atoms with Gasteiger partial charge in [-0.2, -0.15) is 10.2 Å². The molecule has 0 saturated carbocycles. The van der Waals surface area contributed by atoms with Crippen LogP contribution in [0.15, 0.2) is 28.7 Å². The highest BCUT2D eigenvalue weighted by atomic mass is 16.5. The smallest absolute Gasteiger partial charge is 0.235 e. The van der Waals surface area contributed by atoms with Gasteiger partial charge in [0, 0.05) is 32.3 Å². The summed E-state index contributed by atoms with van der Waals surface area (Å²) in [6, 6.07) is 9.89. The van der Waals surface area contributed by atoms with Crippen molar-refractivity contribution < 1.29 is 9.15 Å². The molecule has 124 valence electrons. The summed E-state index contributed by atoms with van der Waals surface area (Å²) in [5, 5.41) is 12.6. The van der Waals surface area contributed by atoms with Crippen molar-refractivity contribution in [3.8, 4) is 11.8 Å². The van der Waals surface area contributed by atoms with Crippen LogP contribution >= 0.6 is 0 Å². The molecule has 1 fully saturated rings. The Hall–Kier alpha value is -2.78. The summed E-state index contributed by atoms with van der Waals surface area (Å²) >= 11 is 0. The van der Waals surface area contributed by atoms with Crippen LogP contribution in [0, 0.1) is 11.3 Å². The average molecular weight is 324 g/mol. The second-order valence-electron chi connectivity index (χ2n) is 5.39. The molecule has 1 aliphatic heterocycles. The van der Waals surface area contributed by atoms with Gasteiger partial charge in [0.25, 0.3) is 0 Å². The number of nitrogens with zero attached hydrogens (tertiary/aromatic N) is 3. The molecule has 0 aliphatic carbocycles. The molecule has 0 spiro atoms. The summed E-state index contributed by atoms with van der Waals surface area (Å²) in [6.45, 7) is 5.99. The molecule has 6 heteroatoms. The molecule has 0 radical (unpaired) electrons. The first-order chi connectivity index (χ1) is 11.8. The van der Waals surface area contributed by atoms with Crippen LogP contribution < -0.4 is 15.0 Å². The number of rotatable bonds is 5. The summed E-state index contributed by atoms with van der Waals surface area (Å²) < 4.78 is 11.2. The van der Waals surface area contributed by atoms with Gasteiger partial charge in [-0.05, 0) is 30.7 Å². The molecule has 2 heterocycles. The highest BCUT2D eigenvalue weighted by molar-refractivity contribution is 5.67. The van der Waals surface area contributed by atoms with E-state index in [1.54, 1.807) is 6.08 Å². The maximum absolute atomic E-state index is 9.28. The Bertz CT molecular complexity index is 737. The molecule has 24 heavy (non-hydrogen) atoms. The summed E-state index contributed by atoms with van der Waals surface area (Å²) in [4.78, 5) is 6.32. The predicted octanol–water partition coefficient (Wildman–Crippen LogP) is 2.52. The van der Waals surface area contributed by atoms with Gasteiger partial charge in [0.05, 0.1) is 6.61 Å². The normalized spacial score (nSPS) is 14.8. The van der Waals surface area contributed by atoms with Gasteiger partial charge in [0.2, 0.25) is 17.5 Å². The van der Waals surface area contributed by atoms with Crippen molar-refractivity contribution in [3.63, 3.8) is 0 Å². The zero-order valence-corrected chi connectivity index (χ0v) is 13.7. The Kier molecular flexibility index (Phi) is 5.14. The molecular weight excluding hydrogens is 304 g/mol. The number of aromatic nitrogens is 1. The topological polar surface area (TPSA) is 74.3 Å². The third kappa shape index (κ3) is 3.76. The minimum absolute atomic E-state index is 0.336. The van der Waals surface area contributed by atoms with E-state index < -0.39 is 0 Å². The van der Waals surface area contributed by atoms with Crippen molar-refractivity contribution in [3.05, 3.63) is 41.4 Å². The summed E-state index contributed by atoms with van der Waals surface area (Å²) in [7, 11) is 0. The standard InChI is InChI=1S/C18H20N4O2/c1-2-23-15-6-3-14(4-7-15)5-8-17-21-16(13-19)18(24-17)22-11-9-20-10-12-22/h3-8,20H,2,9-12H2,1H3. The van der Waals surface area contributed by atoms with E-state index in [1.165, 1.54) is 0 Å². The first kappa shape index (κ1) is 16.1. The molecule has 2 aromatic rings. The molecule has 3 rings (SSSR count). The molecular formula is C18H20N4O2. The Morgan fingerprint density at radius 2 is 2.04 bits per heavy atom. The average Bonchev–Trinajstić information content (AvgIpc) is 3.05. The van der Waals surface area contributed by atoms with E-state index in [0.717, 1.165) is 37.5 Å². The van der Waals surface area contributed by atoms with E-state index in [-0.39, 0.29) is 0 Å². The maximum Gasteiger partial charge on any atom is 0.235 e. The molecule has 0 bridgehead atoms. The van der Waals surface area contributed by atoms with Gasteiger partial charge in [-0.15, -0.1) is 0 Å². The van der Waals surface area contributed by atoms with Crippen LogP contribution in [0.2, 0.25) is 0 Å². The first-order valence-electron chi connectivity index (χ1n) is 8.07. The van der Waals surface area contributed by atoms with Crippen LogP contribution in [0.3, 0.4) is 0 Å². The fourth-order valence-corrected chi connectivity index (χ4v) is 2.56. The molecule has 1 aromatic heterocycles. The molecule has 1 aliphatic rings. The Labute approximate surface area is 141 Å². The van der Waals surface area contributed by atoms with Crippen molar-refractivity contribution in [1.29, 1.82) is 5.26 Å². The van der Waals surface area contributed by atoms with Gasteiger partial charge in [-0.1, -0.05) is 12.1 Å².